The summed E-state index contributed by atoms with van der Waals surface area (Å²) in [7, 11) is 1.68. The van der Waals surface area contributed by atoms with E-state index >= 15 is 0 Å². The summed E-state index contributed by atoms with van der Waals surface area (Å²) in [4.78, 5) is 7.23. The second-order valence-electron chi connectivity index (χ2n) is 7.47. The van der Waals surface area contributed by atoms with Gasteiger partial charge in [-0.3, -0.25) is 4.90 Å². The second-order valence-corrected chi connectivity index (χ2v) is 7.47. The average molecular weight is 430 g/mol. The highest BCUT2D eigenvalue weighted by molar-refractivity contribution is 5.79. The van der Waals surface area contributed by atoms with Gasteiger partial charge in [-0.2, -0.15) is 0 Å². The molecule has 9 heteroatoms. The van der Waals surface area contributed by atoms with Crippen LogP contribution in [0.4, 0.5) is 0 Å². The van der Waals surface area contributed by atoms with Gasteiger partial charge in [0.1, 0.15) is 17.9 Å². The molecule has 31 heavy (non-hydrogen) atoms. The van der Waals surface area contributed by atoms with Crippen molar-refractivity contribution in [1.29, 1.82) is 0 Å². The zero-order chi connectivity index (χ0) is 21.7. The molecule has 0 spiro atoms. The molecule has 1 fully saturated rings. The third-order valence-electron chi connectivity index (χ3n) is 5.26. The topological polar surface area (TPSA) is 88.8 Å². The summed E-state index contributed by atoms with van der Waals surface area (Å²) in [5, 5.41) is 15.1. The summed E-state index contributed by atoms with van der Waals surface area (Å²) in [5.74, 6) is 2.66. The fraction of sp³-hybridized carbons (Fsp3) is 0.591. The zero-order valence-corrected chi connectivity index (χ0v) is 18.7. The van der Waals surface area contributed by atoms with Crippen LogP contribution >= 0.6 is 0 Å². The Hall–Kier alpha value is -2.65. The predicted octanol–water partition coefficient (Wildman–Crippen LogP) is 1.31. The number of morpholine rings is 1. The van der Waals surface area contributed by atoms with Crippen molar-refractivity contribution in [2.45, 2.75) is 32.9 Å². The van der Waals surface area contributed by atoms with E-state index in [-0.39, 0.29) is 0 Å². The normalized spacial score (nSPS) is 15.1. The molecule has 1 aromatic carbocycles. The molecule has 2 heterocycles. The molecule has 1 aromatic heterocycles. The standard InChI is InChI=1S/C22H35N7O2/c1-3-21-27-26-18-29(21)11-9-24-22(23-8-5-10-28-12-14-31-15-13-28)25-17-19-6-4-7-20(16-19)30-2/h4,6-7,16,18H,3,5,8-15,17H2,1-2H3,(H2,23,24,25). The van der Waals surface area contributed by atoms with Gasteiger partial charge in [-0.15, -0.1) is 10.2 Å². The number of aryl methyl sites for hydroxylation is 1. The van der Waals surface area contributed by atoms with E-state index in [0.717, 1.165) is 88.4 Å². The molecule has 0 amide bonds. The number of nitrogens with one attached hydrogen (secondary N) is 2. The van der Waals surface area contributed by atoms with Crippen molar-refractivity contribution >= 4 is 5.96 Å². The number of guanidine groups is 1. The lowest BCUT2D eigenvalue weighted by atomic mass is 10.2. The minimum atomic E-state index is 0.586. The van der Waals surface area contributed by atoms with E-state index in [1.807, 2.05) is 18.2 Å². The van der Waals surface area contributed by atoms with Crippen molar-refractivity contribution in [2.24, 2.45) is 4.99 Å². The Morgan fingerprint density at radius 3 is 2.84 bits per heavy atom. The summed E-state index contributed by atoms with van der Waals surface area (Å²) >= 11 is 0. The summed E-state index contributed by atoms with van der Waals surface area (Å²) in [5.41, 5.74) is 1.11. The van der Waals surface area contributed by atoms with Crippen molar-refractivity contribution in [3.05, 3.63) is 42.0 Å². The monoisotopic (exact) mass is 429 g/mol. The molecule has 1 aliphatic rings. The molecule has 0 unspecified atom stereocenters. The Morgan fingerprint density at radius 2 is 2.03 bits per heavy atom. The SMILES string of the molecule is CCc1nncn1CCNC(=NCc1cccc(OC)c1)NCCCN1CCOCC1. The smallest absolute Gasteiger partial charge is 0.191 e. The number of ether oxygens (including phenoxy) is 2. The first-order chi connectivity index (χ1) is 15.3. The predicted molar refractivity (Wildman–Crippen MR) is 121 cm³/mol. The third-order valence-corrected chi connectivity index (χ3v) is 5.26. The highest BCUT2D eigenvalue weighted by atomic mass is 16.5. The molecule has 1 saturated heterocycles. The van der Waals surface area contributed by atoms with Gasteiger partial charge in [-0.05, 0) is 30.7 Å². The maximum absolute atomic E-state index is 5.42. The van der Waals surface area contributed by atoms with Crippen LogP contribution in [-0.2, 0) is 24.2 Å². The number of methoxy groups -OCH3 is 1. The van der Waals surface area contributed by atoms with E-state index in [0.29, 0.717) is 6.54 Å². The van der Waals surface area contributed by atoms with Crippen LogP contribution in [0.25, 0.3) is 0 Å². The minimum absolute atomic E-state index is 0.586. The summed E-state index contributed by atoms with van der Waals surface area (Å²) < 4.78 is 12.8. The van der Waals surface area contributed by atoms with E-state index in [9.17, 15) is 0 Å². The van der Waals surface area contributed by atoms with Crippen LogP contribution in [0.2, 0.25) is 0 Å². The van der Waals surface area contributed by atoms with Crippen molar-refractivity contribution in [3.63, 3.8) is 0 Å². The Morgan fingerprint density at radius 1 is 1.19 bits per heavy atom. The van der Waals surface area contributed by atoms with Gasteiger partial charge in [0.05, 0.1) is 26.9 Å². The number of aliphatic imine (C=N–C) groups is 1. The number of aromatic nitrogens is 3. The molecule has 0 aliphatic carbocycles. The lowest BCUT2D eigenvalue weighted by molar-refractivity contribution is 0.0376. The van der Waals surface area contributed by atoms with E-state index in [1.165, 1.54) is 0 Å². The number of benzene rings is 1. The van der Waals surface area contributed by atoms with Gasteiger partial charge in [-0.1, -0.05) is 19.1 Å². The first-order valence-electron chi connectivity index (χ1n) is 11.1. The van der Waals surface area contributed by atoms with Crippen molar-refractivity contribution in [2.75, 3.05) is 53.0 Å². The highest BCUT2D eigenvalue weighted by Gasteiger charge is 2.09. The lowest BCUT2D eigenvalue weighted by Gasteiger charge is -2.26. The van der Waals surface area contributed by atoms with E-state index < -0.39 is 0 Å². The van der Waals surface area contributed by atoms with Crippen LogP contribution in [0.3, 0.4) is 0 Å². The molecular weight excluding hydrogens is 394 g/mol. The first-order valence-corrected chi connectivity index (χ1v) is 11.1. The van der Waals surface area contributed by atoms with Crippen molar-refractivity contribution < 1.29 is 9.47 Å². The summed E-state index contributed by atoms with van der Waals surface area (Å²) in [6.07, 6.45) is 3.71. The molecule has 1 aliphatic heterocycles. The molecule has 0 bridgehead atoms. The van der Waals surface area contributed by atoms with Crippen molar-refractivity contribution in [3.8, 4) is 5.75 Å². The molecule has 2 N–H and O–H groups in total. The van der Waals surface area contributed by atoms with Crippen LogP contribution < -0.4 is 15.4 Å². The van der Waals surface area contributed by atoms with Crippen LogP contribution in [0.5, 0.6) is 5.75 Å². The van der Waals surface area contributed by atoms with E-state index in [4.69, 9.17) is 14.5 Å². The summed E-state index contributed by atoms with van der Waals surface area (Å²) in [6.45, 7) is 9.88. The zero-order valence-electron chi connectivity index (χ0n) is 18.7. The van der Waals surface area contributed by atoms with Gasteiger partial charge in [0, 0.05) is 39.1 Å². The molecule has 0 atom stereocenters. The molecule has 170 valence electrons. The van der Waals surface area contributed by atoms with Crippen LogP contribution in [0.15, 0.2) is 35.6 Å². The fourth-order valence-corrected chi connectivity index (χ4v) is 3.48. The van der Waals surface area contributed by atoms with Gasteiger partial charge in [0.15, 0.2) is 5.96 Å². The van der Waals surface area contributed by atoms with Crippen LogP contribution in [-0.4, -0.2) is 78.7 Å². The van der Waals surface area contributed by atoms with Crippen LogP contribution in [0, 0.1) is 0 Å². The number of rotatable bonds is 11. The quantitative estimate of drug-likeness (QED) is 0.316. The van der Waals surface area contributed by atoms with Gasteiger partial charge < -0.3 is 24.7 Å². The Bertz CT molecular complexity index is 803. The maximum atomic E-state index is 5.42. The molecule has 2 aromatic rings. The maximum Gasteiger partial charge on any atom is 0.191 e. The molecular formula is C22H35N7O2. The van der Waals surface area contributed by atoms with Gasteiger partial charge >= 0.3 is 0 Å². The fourth-order valence-electron chi connectivity index (χ4n) is 3.48. The van der Waals surface area contributed by atoms with Crippen LogP contribution in [0.1, 0.15) is 24.7 Å². The van der Waals surface area contributed by atoms with Gasteiger partial charge in [-0.25, -0.2) is 4.99 Å². The molecule has 0 saturated carbocycles. The molecule has 9 nitrogen and oxygen atoms in total. The largest absolute Gasteiger partial charge is 0.497 e. The molecule has 3 rings (SSSR count). The number of hydrogen-bond acceptors (Lipinski definition) is 6. The Kier molecular flexibility index (Phi) is 9.59. The van der Waals surface area contributed by atoms with Gasteiger partial charge in [0.25, 0.3) is 0 Å². The average Bonchev–Trinajstić information content (AvgIpc) is 3.28. The van der Waals surface area contributed by atoms with Gasteiger partial charge in [0.2, 0.25) is 0 Å². The lowest BCUT2D eigenvalue weighted by Crippen LogP contribution is -2.41. The Labute approximate surface area is 184 Å². The first kappa shape index (κ1) is 23.0. The highest BCUT2D eigenvalue weighted by Crippen LogP contribution is 2.13. The minimum Gasteiger partial charge on any atom is -0.497 e. The number of nitrogens with zero attached hydrogens (tertiary/aromatic N) is 5. The second kappa shape index (κ2) is 12.9. The Balaban J connectivity index is 1.51. The number of hydrogen-bond donors (Lipinski definition) is 2. The molecule has 0 radical (unpaired) electrons. The van der Waals surface area contributed by atoms with E-state index in [1.54, 1.807) is 13.4 Å². The van der Waals surface area contributed by atoms with Crippen molar-refractivity contribution in [1.82, 2.24) is 30.3 Å². The summed E-state index contributed by atoms with van der Waals surface area (Å²) in [6, 6.07) is 8.02. The third kappa shape index (κ3) is 7.84. The van der Waals surface area contributed by atoms with E-state index in [2.05, 4.69) is 43.3 Å².